The van der Waals surface area contributed by atoms with Crippen LogP contribution < -0.4 is 10.6 Å². The normalized spacial score (nSPS) is 16.9. The van der Waals surface area contributed by atoms with E-state index >= 15 is 0 Å². The number of halogens is 1. The van der Waals surface area contributed by atoms with Gasteiger partial charge in [-0.25, -0.2) is 0 Å². The van der Waals surface area contributed by atoms with Crippen molar-refractivity contribution >= 4 is 29.9 Å². The first-order valence-corrected chi connectivity index (χ1v) is 9.75. The molecule has 1 saturated heterocycles. The molecule has 2 heterocycles. The molecule has 0 aliphatic carbocycles. The largest absolute Gasteiger partial charge is 0.381 e. The summed E-state index contributed by atoms with van der Waals surface area (Å²) in [7, 11) is 4.30. The number of hydrogen-bond donors (Lipinski definition) is 2. The number of aromatic nitrogens is 2. The first-order valence-electron chi connectivity index (χ1n) is 9.75. The summed E-state index contributed by atoms with van der Waals surface area (Å²) in [6, 6.07) is 2.12. The molecule has 1 aliphatic heterocycles. The van der Waals surface area contributed by atoms with Gasteiger partial charge >= 0.3 is 0 Å². The number of aliphatic imine (C=N–C) groups is 1. The molecule has 27 heavy (non-hydrogen) atoms. The summed E-state index contributed by atoms with van der Waals surface area (Å²) in [5.41, 5.74) is 2.40. The Labute approximate surface area is 181 Å². The molecule has 1 aromatic rings. The third-order valence-electron chi connectivity index (χ3n) is 5.19. The zero-order chi connectivity index (χ0) is 19.0. The van der Waals surface area contributed by atoms with Crippen molar-refractivity contribution in [2.24, 2.45) is 4.99 Å². The van der Waals surface area contributed by atoms with Gasteiger partial charge in [0, 0.05) is 44.1 Å². The molecule has 7 nitrogen and oxygen atoms in total. The predicted molar refractivity (Wildman–Crippen MR) is 122 cm³/mol. The van der Waals surface area contributed by atoms with Crippen molar-refractivity contribution in [2.45, 2.75) is 52.1 Å². The Kier molecular flexibility index (Phi) is 10.6. The predicted octanol–water partition coefficient (Wildman–Crippen LogP) is 2.17. The number of guanidine groups is 1. The minimum absolute atomic E-state index is 0. The maximum Gasteiger partial charge on any atom is 0.191 e. The lowest BCUT2D eigenvalue weighted by Gasteiger charge is -2.41. The topological polar surface area (TPSA) is 66.7 Å². The van der Waals surface area contributed by atoms with Crippen LogP contribution >= 0.6 is 24.0 Å². The molecule has 2 N–H and O–H groups in total. The van der Waals surface area contributed by atoms with E-state index in [1.165, 1.54) is 5.69 Å². The summed E-state index contributed by atoms with van der Waals surface area (Å²) >= 11 is 0. The lowest BCUT2D eigenvalue weighted by molar-refractivity contribution is -0.00254. The molecule has 0 saturated carbocycles. The highest BCUT2D eigenvalue weighted by atomic mass is 127. The number of likely N-dealkylation sites (N-methyl/N-ethyl adjacent to an activating group) is 1. The first kappa shape index (κ1) is 24.2. The lowest BCUT2D eigenvalue weighted by Crippen LogP contribution is -2.51. The van der Waals surface area contributed by atoms with E-state index in [2.05, 4.69) is 59.3 Å². The Morgan fingerprint density at radius 3 is 2.56 bits per heavy atom. The second-order valence-corrected chi connectivity index (χ2v) is 7.36. The first-order chi connectivity index (χ1) is 12.5. The van der Waals surface area contributed by atoms with Crippen molar-refractivity contribution in [3.63, 3.8) is 0 Å². The summed E-state index contributed by atoms with van der Waals surface area (Å²) in [6.45, 7) is 11.3. The fourth-order valence-corrected chi connectivity index (χ4v) is 3.40. The molecule has 8 heteroatoms. The van der Waals surface area contributed by atoms with Gasteiger partial charge < -0.3 is 20.3 Å². The third kappa shape index (κ3) is 7.23. The Balaban J connectivity index is 0.00000364. The molecule has 0 amide bonds. The molecule has 1 aliphatic rings. The summed E-state index contributed by atoms with van der Waals surface area (Å²) in [5.74, 6) is 0.897. The highest BCUT2D eigenvalue weighted by Gasteiger charge is 2.34. The van der Waals surface area contributed by atoms with Gasteiger partial charge in [0.25, 0.3) is 0 Å². The van der Waals surface area contributed by atoms with Crippen molar-refractivity contribution in [3.05, 3.63) is 17.5 Å². The number of ether oxygens (including phenoxy) is 1. The Morgan fingerprint density at radius 2 is 2.00 bits per heavy atom. The standard InChI is InChI=1S/C19H36N6O.HI/c1-6-20-18(21-10-7-11-25-17(3)14-16(2)23-25)22-15-19(24(4)5)8-12-26-13-9-19;/h14H,6-13,15H2,1-5H3,(H2,20,21,22);1H. The second-order valence-electron chi connectivity index (χ2n) is 7.36. The minimum atomic E-state index is 0. The van der Waals surface area contributed by atoms with Crippen molar-refractivity contribution in [1.29, 1.82) is 0 Å². The minimum Gasteiger partial charge on any atom is -0.381 e. The molecule has 2 rings (SSSR count). The van der Waals surface area contributed by atoms with E-state index in [1.807, 2.05) is 6.92 Å². The Hall–Kier alpha value is -0.870. The number of nitrogens with one attached hydrogen (secondary N) is 2. The number of nitrogens with zero attached hydrogens (tertiary/aromatic N) is 4. The van der Waals surface area contributed by atoms with Crippen molar-refractivity contribution in [2.75, 3.05) is 46.9 Å². The van der Waals surface area contributed by atoms with Gasteiger partial charge in [-0.1, -0.05) is 0 Å². The van der Waals surface area contributed by atoms with Gasteiger partial charge in [0.05, 0.1) is 12.2 Å². The van der Waals surface area contributed by atoms with Crippen LogP contribution in [-0.4, -0.2) is 73.1 Å². The molecule has 156 valence electrons. The number of aryl methyl sites for hydroxylation is 3. The van der Waals surface area contributed by atoms with Crippen LogP contribution in [0, 0.1) is 13.8 Å². The van der Waals surface area contributed by atoms with Crippen LogP contribution in [0.1, 0.15) is 37.6 Å². The van der Waals surface area contributed by atoms with E-state index in [9.17, 15) is 0 Å². The van der Waals surface area contributed by atoms with E-state index in [1.54, 1.807) is 0 Å². The molecule has 0 spiro atoms. The maximum atomic E-state index is 5.55. The molecular weight excluding hydrogens is 455 g/mol. The average molecular weight is 492 g/mol. The molecule has 1 aromatic heterocycles. The SMILES string of the molecule is CCNC(=NCC1(N(C)C)CCOCC1)NCCCn1nc(C)cc1C.I. The van der Waals surface area contributed by atoms with Gasteiger partial charge in [0.2, 0.25) is 0 Å². The van der Waals surface area contributed by atoms with Gasteiger partial charge in [0.1, 0.15) is 0 Å². The molecule has 0 bridgehead atoms. The van der Waals surface area contributed by atoms with Crippen LogP contribution in [0.5, 0.6) is 0 Å². The molecule has 0 radical (unpaired) electrons. The lowest BCUT2D eigenvalue weighted by atomic mass is 9.89. The maximum absolute atomic E-state index is 5.55. The van der Waals surface area contributed by atoms with E-state index in [0.717, 1.165) is 70.3 Å². The fraction of sp³-hybridized carbons (Fsp3) is 0.789. The Bertz CT molecular complexity index is 581. The van der Waals surface area contributed by atoms with Crippen LogP contribution in [0.2, 0.25) is 0 Å². The summed E-state index contributed by atoms with van der Waals surface area (Å²) in [6.07, 6.45) is 3.07. The fourth-order valence-electron chi connectivity index (χ4n) is 3.40. The molecular formula is C19H37IN6O. The third-order valence-corrected chi connectivity index (χ3v) is 5.19. The zero-order valence-corrected chi connectivity index (χ0v) is 19.9. The molecule has 0 unspecified atom stereocenters. The van der Waals surface area contributed by atoms with Crippen molar-refractivity contribution in [1.82, 2.24) is 25.3 Å². The molecule has 0 atom stereocenters. The summed E-state index contributed by atoms with van der Waals surface area (Å²) < 4.78 is 7.62. The van der Waals surface area contributed by atoms with Gasteiger partial charge in [-0.3, -0.25) is 9.67 Å². The van der Waals surface area contributed by atoms with E-state index in [4.69, 9.17) is 9.73 Å². The van der Waals surface area contributed by atoms with Gasteiger partial charge in [-0.2, -0.15) is 5.10 Å². The van der Waals surface area contributed by atoms with Crippen LogP contribution in [0.25, 0.3) is 0 Å². The van der Waals surface area contributed by atoms with Crippen LogP contribution in [-0.2, 0) is 11.3 Å². The average Bonchev–Trinajstić information content (AvgIpc) is 2.94. The summed E-state index contributed by atoms with van der Waals surface area (Å²) in [4.78, 5) is 7.18. The zero-order valence-electron chi connectivity index (χ0n) is 17.5. The highest BCUT2D eigenvalue weighted by molar-refractivity contribution is 14.0. The van der Waals surface area contributed by atoms with Crippen LogP contribution in [0.15, 0.2) is 11.1 Å². The van der Waals surface area contributed by atoms with Crippen molar-refractivity contribution < 1.29 is 4.74 Å². The molecule has 0 aromatic carbocycles. The quantitative estimate of drug-likeness (QED) is 0.252. The smallest absolute Gasteiger partial charge is 0.191 e. The van der Waals surface area contributed by atoms with Gasteiger partial charge in [-0.15, -0.1) is 24.0 Å². The van der Waals surface area contributed by atoms with Crippen LogP contribution in [0.4, 0.5) is 0 Å². The van der Waals surface area contributed by atoms with E-state index < -0.39 is 0 Å². The Morgan fingerprint density at radius 1 is 1.30 bits per heavy atom. The van der Waals surface area contributed by atoms with Crippen molar-refractivity contribution in [3.8, 4) is 0 Å². The number of hydrogen-bond acceptors (Lipinski definition) is 4. The molecule has 1 fully saturated rings. The van der Waals surface area contributed by atoms with Gasteiger partial charge in [0.15, 0.2) is 5.96 Å². The summed E-state index contributed by atoms with van der Waals surface area (Å²) in [5, 5.41) is 11.3. The highest BCUT2D eigenvalue weighted by Crippen LogP contribution is 2.26. The monoisotopic (exact) mass is 492 g/mol. The van der Waals surface area contributed by atoms with Crippen LogP contribution in [0.3, 0.4) is 0 Å². The van der Waals surface area contributed by atoms with Gasteiger partial charge in [-0.05, 0) is 60.2 Å². The van der Waals surface area contributed by atoms with E-state index in [-0.39, 0.29) is 29.5 Å². The van der Waals surface area contributed by atoms with E-state index in [0.29, 0.717) is 0 Å². The second kappa shape index (κ2) is 11.9. The number of rotatable bonds is 8.